The van der Waals surface area contributed by atoms with Crippen molar-refractivity contribution in [2.45, 2.75) is 367 Å². The van der Waals surface area contributed by atoms with E-state index in [9.17, 15) is 19.0 Å². The van der Waals surface area contributed by atoms with Gasteiger partial charge in [0.1, 0.15) is 19.8 Å². The number of quaternary nitrogens is 1. The maximum Gasteiger partial charge on any atom is 0.472 e. The third-order valence-electron chi connectivity index (χ3n) is 16.4. The van der Waals surface area contributed by atoms with Crippen LogP contribution in [0.5, 0.6) is 0 Å². The Labute approximate surface area is 522 Å². The number of unbranched alkanes of at least 4 members (excludes halogenated alkanes) is 46. The molecule has 84 heavy (non-hydrogen) atoms. The molecule has 0 radical (unpaired) electrons. The number of esters is 2. The molecule has 0 aliphatic carbocycles. The first-order valence-corrected chi connectivity index (χ1v) is 37.9. The molecule has 9 nitrogen and oxygen atoms in total. The maximum absolute atomic E-state index is 12.8. The second-order valence-electron chi connectivity index (χ2n) is 26.0. The van der Waals surface area contributed by atoms with Gasteiger partial charge in [-0.2, -0.15) is 0 Å². The fraction of sp³-hybridized carbons (Fsp3) is 0.865. The van der Waals surface area contributed by atoms with Crippen molar-refractivity contribution in [3.63, 3.8) is 0 Å². The maximum atomic E-state index is 12.8. The number of nitrogens with zero attached hydrogens (tertiary/aromatic N) is 1. The normalized spacial score (nSPS) is 13.4. The summed E-state index contributed by atoms with van der Waals surface area (Å²) in [5.74, 6) is -0.792. The Bertz CT molecular complexity index is 1560. The van der Waals surface area contributed by atoms with Gasteiger partial charge in [-0.25, -0.2) is 4.57 Å². The minimum atomic E-state index is -4.39. The van der Waals surface area contributed by atoms with Crippen LogP contribution >= 0.6 is 7.82 Å². The van der Waals surface area contributed by atoms with Crippen LogP contribution in [0.3, 0.4) is 0 Å². The lowest BCUT2D eigenvalue weighted by molar-refractivity contribution is -0.870. The topological polar surface area (TPSA) is 108 Å². The summed E-state index contributed by atoms with van der Waals surface area (Å²) in [4.78, 5) is 35.8. The lowest BCUT2D eigenvalue weighted by Crippen LogP contribution is -2.37. The molecule has 0 aliphatic rings. The van der Waals surface area contributed by atoms with E-state index in [0.717, 1.165) is 70.6 Å². The smallest absolute Gasteiger partial charge is 0.462 e. The van der Waals surface area contributed by atoms with Gasteiger partial charge in [0.25, 0.3) is 0 Å². The second-order valence-corrected chi connectivity index (χ2v) is 27.4. The van der Waals surface area contributed by atoms with Crippen LogP contribution < -0.4 is 0 Å². The molecule has 0 bridgehead atoms. The summed E-state index contributed by atoms with van der Waals surface area (Å²) in [6.07, 6.45) is 85.4. The van der Waals surface area contributed by atoms with Gasteiger partial charge in [0.05, 0.1) is 27.7 Å². The highest BCUT2D eigenvalue weighted by Crippen LogP contribution is 2.43. The Morgan fingerprint density at radius 1 is 0.381 bits per heavy atom. The molecule has 0 spiro atoms. The number of carbonyl (C=O) groups is 2. The fourth-order valence-corrected chi connectivity index (χ4v) is 11.6. The van der Waals surface area contributed by atoms with Gasteiger partial charge in [0.15, 0.2) is 6.10 Å². The van der Waals surface area contributed by atoms with Gasteiger partial charge in [-0.15, -0.1) is 0 Å². The molecule has 2 unspecified atom stereocenters. The number of phosphoric acid groups is 1. The Hall–Kier alpha value is -2.03. The SMILES string of the molecule is CC/C=C\C/C=C\C/C=C\C/C=C\CCCCCCCCCCC(=O)OC(COC(=O)CCCCCCCCCCCCCCCCCCCCCCCCCCCCCCCCCCCCCCCCC)COP(=O)(O)OCC[N+](C)(C)C. The summed E-state index contributed by atoms with van der Waals surface area (Å²) < 4.78 is 34.7. The van der Waals surface area contributed by atoms with Crippen LogP contribution in [0.2, 0.25) is 0 Å². The second kappa shape index (κ2) is 65.4. The average molecular weight is 1200 g/mol. The van der Waals surface area contributed by atoms with Gasteiger partial charge in [0, 0.05) is 12.8 Å². The third kappa shape index (κ3) is 69.1. The number of rotatable bonds is 68. The molecule has 0 saturated carbocycles. The predicted octanol–water partition coefficient (Wildman–Crippen LogP) is 23.6. The van der Waals surface area contributed by atoms with Crippen LogP contribution in [0.15, 0.2) is 48.6 Å². The molecular formula is C74H141NO8P+. The number of ether oxygens (including phenoxy) is 2. The highest BCUT2D eigenvalue weighted by atomic mass is 31.2. The van der Waals surface area contributed by atoms with Crippen LogP contribution in [0.25, 0.3) is 0 Å². The van der Waals surface area contributed by atoms with Crippen molar-refractivity contribution in [3.8, 4) is 0 Å². The standard InChI is InChI=1S/C74H140NO8P/c1-6-8-10-12-14-16-18-20-22-24-26-28-29-30-31-32-33-34-35-36-37-38-39-40-41-42-43-44-45-47-48-50-52-54-56-58-60-62-64-66-73(76)80-70-72(71-82-84(78,79)81-69-68-75(3,4)5)83-74(77)67-65-63-61-59-57-55-53-51-49-46-27-25-23-21-19-17-15-13-11-9-7-2/h9,11,15,17,21,23,27,46,72H,6-8,10,12-14,16,18-20,22,24-26,28-45,47-71H2,1-5H3/p+1/b11-9-,17-15-,23-21-,46-27-. The summed E-state index contributed by atoms with van der Waals surface area (Å²) in [6, 6.07) is 0. The van der Waals surface area contributed by atoms with E-state index in [1.54, 1.807) is 0 Å². The number of hydrogen-bond donors (Lipinski definition) is 1. The van der Waals surface area contributed by atoms with Gasteiger partial charge in [0.2, 0.25) is 0 Å². The Kier molecular flexibility index (Phi) is 63.8. The zero-order chi connectivity index (χ0) is 61.2. The van der Waals surface area contributed by atoms with Gasteiger partial charge < -0.3 is 18.9 Å². The first kappa shape index (κ1) is 82.0. The molecular weight excluding hydrogens is 1060 g/mol. The molecule has 10 heteroatoms. The Balaban J connectivity index is 3.89. The molecule has 0 rings (SSSR count). The summed E-state index contributed by atoms with van der Waals surface area (Å²) in [7, 11) is 1.48. The minimum absolute atomic E-state index is 0.0303. The van der Waals surface area contributed by atoms with Crippen LogP contribution in [-0.4, -0.2) is 74.9 Å². The molecule has 0 fully saturated rings. The van der Waals surface area contributed by atoms with Crippen LogP contribution in [0.4, 0.5) is 0 Å². The van der Waals surface area contributed by atoms with Gasteiger partial charge >= 0.3 is 19.8 Å². The van der Waals surface area contributed by atoms with E-state index in [1.807, 2.05) is 21.1 Å². The highest BCUT2D eigenvalue weighted by Gasteiger charge is 2.27. The van der Waals surface area contributed by atoms with Crippen molar-refractivity contribution in [1.82, 2.24) is 0 Å². The quantitative estimate of drug-likeness (QED) is 0.0211. The van der Waals surface area contributed by atoms with Crippen LogP contribution in [0.1, 0.15) is 361 Å². The van der Waals surface area contributed by atoms with E-state index in [4.69, 9.17) is 18.5 Å². The third-order valence-corrected chi connectivity index (χ3v) is 17.4. The van der Waals surface area contributed by atoms with E-state index in [0.29, 0.717) is 23.9 Å². The van der Waals surface area contributed by atoms with E-state index in [1.165, 1.54) is 257 Å². The molecule has 0 aromatic heterocycles. The number of carbonyl (C=O) groups excluding carboxylic acids is 2. The number of phosphoric ester groups is 1. The highest BCUT2D eigenvalue weighted by molar-refractivity contribution is 7.47. The molecule has 0 aromatic rings. The lowest BCUT2D eigenvalue weighted by Gasteiger charge is -2.24. The summed E-state index contributed by atoms with van der Waals surface area (Å²) in [5.41, 5.74) is 0. The van der Waals surface area contributed by atoms with Crippen molar-refractivity contribution in [1.29, 1.82) is 0 Å². The fourth-order valence-electron chi connectivity index (χ4n) is 10.8. The van der Waals surface area contributed by atoms with Crippen LogP contribution in [0, 0.1) is 0 Å². The first-order chi connectivity index (χ1) is 41.0. The first-order valence-electron chi connectivity index (χ1n) is 36.4. The average Bonchev–Trinajstić information content (AvgIpc) is 3.61. The summed E-state index contributed by atoms with van der Waals surface area (Å²) in [6.45, 7) is 4.37. The zero-order valence-electron chi connectivity index (χ0n) is 56.4. The monoisotopic (exact) mass is 1200 g/mol. The molecule has 0 heterocycles. The molecule has 0 aliphatic heterocycles. The molecule has 0 aromatic carbocycles. The van der Waals surface area contributed by atoms with Crippen molar-refractivity contribution >= 4 is 19.8 Å². The van der Waals surface area contributed by atoms with Crippen LogP contribution in [-0.2, 0) is 32.7 Å². The predicted molar refractivity (Wildman–Crippen MR) is 363 cm³/mol. The lowest BCUT2D eigenvalue weighted by atomic mass is 10.0. The number of allylic oxidation sites excluding steroid dienone is 8. The molecule has 2 atom stereocenters. The van der Waals surface area contributed by atoms with Crippen molar-refractivity contribution in [2.75, 3.05) is 47.5 Å². The van der Waals surface area contributed by atoms with Gasteiger partial charge in [-0.1, -0.05) is 345 Å². The largest absolute Gasteiger partial charge is 0.472 e. The van der Waals surface area contributed by atoms with E-state index in [-0.39, 0.29) is 25.6 Å². The molecule has 494 valence electrons. The molecule has 0 saturated heterocycles. The van der Waals surface area contributed by atoms with Crippen molar-refractivity contribution in [3.05, 3.63) is 48.6 Å². The number of likely N-dealkylation sites (N-methyl/N-ethyl adjacent to an activating group) is 1. The minimum Gasteiger partial charge on any atom is -0.462 e. The summed E-state index contributed by atoms with van der Waals surface area (Å²) >= 11 is 0. The van der Waals surface area contributed by atoms with Crippen molar-refractivity contribution in [2.24, 2.45) is 0 Å². The summed E-state index contributed by atoms with van der Waals surface area (Å²) in [5, 5.41) is 0. The zero-order valence-corrected chi connectivity index (χ0v) is 57.3. The molecule has 1 N–H and O–H groups in total. The van der Waals surface area contributed by atoms with Gasteiger partial charge in [-0.3, -0.25) is 18.6 Å². The number of hydrogen-bond acceptors (Lipinski definition) is 7. The Morgan fingerprint density at radius 3 is 1.01 bits per heavy atom. The molecule has 0 amide bonds. The van der Waals surface area contributed by atoms with E-state index in [2.05, 4.69) is 62.5 Å². The van der Waals surface area contributed by atoms with E-state index < -0.39 is 26.5 Å². The van der Waals surface area contributed by atoms with Crippen molar-refractivity contribution < 1.29 is 42.1 Å². The van der Waals surface area contributed by atoms with E-state index >= 15 is 0 Å². The Morgan fingerprint density at radius 2 is 0.679 bits per heavy atom. The van der Waals surface area contributed by atoms with Gasteiger partial charge in [-0.05, 0) is 51.4 Å².